The highest BCUT2D eigenvalue weighted by atomic mass is 19.4. The minimum Gasteiger partial charge on any atom is -0.398 e. The van der Waals surface area contributed by atoms with E-state index in [0.29, 0.717) is 0 Å². The molecule has 0 aliphatic carbocycles. The third-order valence-corrected chi connectivity index (χ3v) is 1.46. The molecule has 10 heteroatoms. The topological polar surface area (TPSA) is 46.5 Å². The van der Waals surface area contributed by atoms with Crippen LogP contribution in [0.2, 0.25) is 0 Å². The second-order valence-electron chi connectivity index (χ2n) is 2.68. The van der Waals surface area contributed by atoms with Gasteiger partial charge in [-0.2, -0.15) is 22.0 Å². The molecule has 0 aromatic heterocycles. The molecule has 0 aliphatic heterocycles. The molecule has 96 valence electrons. The molecule has 1 unspecified atom stereocenters. The van der Waals surface area contributed by atoms with Crippen LogP contribution in [0.25, 0.3) is 0 Å². The molecule has 0 rings (SSSR count). The zero-order chi connectivity index (χ0) is 13.4. The zero-order valence-electron chi connectivity index (χ0n) is 7.49. The maximum Gasteiger partial charge on any atom is 0.444 e. The number of hydrogen-bond acceptors (Lipinski definition) is 3. The van der Waals surface area contributed by atoms with E-state index >= 15 is 0 Å². The molecule has 0 saturated carbocycles. The first-order valence-electron chi connectivity index (χ1n) is 3.51. The van der Waals surface area contributed by atoms with Gasteiger partial charge in [0.2, 0.25) is 0 Å². The number of aliphatic hydroxyl groups is 1. The summed E-state index contributed by atoms with van der Waals surface area (Å²) >= 11 is 0. The highest BCUT2D eigenvalue weighted by Crippen LogP contribution is 2.46. The summed E-state index contributed by atoms with van der Waals surface area (Å²) in [6, 6.07) is 0. The summed E-state index contributed by atoms with van der Waals surface area (Å²) in [6.45, 7) is 0.274. The lowest BCUT2D eigenvalue weighted by Crippen LogP contribution is -2.64. The Bertz CT molecular complexity index is 274. The Labute approximate surface area is 83.8 Å². The number of rotatable bonds is 3. The standard InChI is InChI=1S/C6H5F7O3/c1-2(14)16-6(12,13)4(15,3(7)8)5(9,10)11/h3,15H,1H3. The molecule has 0 radical (unpaired) electrons. The smallest absolute Gasteiger partial charge is 0.398 e. The first-order valence-corrected chi connectivity index (χ1v) is 3.51. The van der Waals surface area contributed by atoms with E-state index < -0.39 is 30.3 Å². The lowest BCUT2D eigenvalue weighted by atomic mass is 10.0. The van der Waals surface area contributed by atoms with Crippen LogP contribution in [-0.4, -0.2) is 35.4 Å². The molecular formula is C6H5F7O3. The molecule has 1 N–H and O–H groups in total. The van der Waals surface area contributed by atoms with E-state index in [-0.39, 0.29) is 6.92 Å². The molecule has 16 heavy (non-hydrogen) atoms. The molecule has 0 spiro atoms. The lowest BCUT2D eigenvalue weighted by Gasteiger charge is -2.34. The number of halogens is 7. The first kappa shape index (κ1) is 14.9. The van der Waals surface area contributed by atoms with Crippen molar-refractivity contribution in [2.75, 3.05) is 0 Å². The van der Waals surface area contributed by atoms with Crippen molar-refractivity contribution < 1.29 is 45.4 Å². The van der Waals surface area contributed by atoms with Gasteiger partial charge in [0.25, 0.3) is 6.43 Å². The number of esters is 1. The maximum atomic E-state index is 12.6. The molecular weight excluding hydrogens is 253 g/mol. The van der Waals surface area contributed by atoms with Gasteiger partial charge in [-0.25, -0.2) is 8.78 Å². The van der Waals surface area contributed by atoms with E-state index in [9.17, 15) is 35.5 Å². The van der Waals surface area contributed by atoms with Crippen molar-refractivity contribution in [2.24, 2.45) is 0 Å². The van der Waals surface area contributed by atoms with Gasteiger partial charge in [0.05, 0.1) is 0 Å². The Morgan fingerprint density at radius 3 is 1.75 bits per heavy atom. The number of carbonyl (C=O) groups is 1. The van der Waals surface area contributed by atoms with Crippen LogP contribution < -0.4 is 0 Å². The largest absolute Gasteiger partial charge is 0.444 e. The number of hydrogen-bond donors (Lipinski definition) is 1. The van der Waals surface area contributed by atoms with Crippen molar-refractivity contribution >= 4 is 5.97 Å². The van der Waals surface area contributed by atoms with Crippen molar-refractivity contribution in [3.63, 3.8) is 0 Å². The van der Waals surface area contributed by atoms with Gasteiger partial charge in [-0.3, -0.25) is 4.79 Å². The van der Waals surface area contributed by atoms with Crippen molar-refractivity contribution in [3.05, 3.63) is 0 Å². The van der Waals surface area contributed by atoms with Crippen LogP contribution in [0.3, 0.4) is 0 Å². The summed E-state index contributed by atoms with van der Waals surface area (Å²) in [7, 11) is 0. The molecule has 3 nitrogen and oxygen atoms in total. The predicted molar refractivity (Wildman–Crippen MR) is 33.7 cm³/mol. The van der Waals surface area contributed by atoms with Crippen LogP contribution in [0.5, 0.6) is 0 Å². The molecule has 0 heterocycles. The van der Waals surface area contributed by atoms with E-state index in [2.05, 4.69) is 4.74 Å². The Morgan fingerprint density at radius 2 is 1.56 bits per heavy atom. The van der Waals surface area contributed by atoms with Crippen molar-refractivity contribution in [2.45, 2.75) is 31.2 Å². The summed E-state index contributed by atoms with van der Waals surface area (Å²) < 4.78 is 87.4. The fraction of sp³-hybridized carbons (Fsp3) is 0.833. The average Bonchev–Trinajstić information content (AvgIpc) is 1.97. The summed E-state index contributed by atoms with van der Waals surface area (Å²) in [4.78, 5) is 10.0. The van der Waals surface area contributed by atoms with Gasteiger partial charge in [-0.05, 0) is 0 Å². The fourth-order valence-electron chi connectivity index (χ4n) is 0.674. The van der Waals surface area contributed by atoms with Crippen LogP contribution >= 0.6 is 0 Å². The summed E-state index contributed by atoms with van der Waals surface area (Å²) in [5.41, 5.74) is -5.74. The summed E-state index contributed by atoms with van der Waals surface area (Å²) in [5, 5.41) is 8.30. The summed E-state index contributed by atoms with van der Waals surface area (Å²) in [5.74, 6) is -1.95. The Hall–Kier alpha value is -1.06. The Kier molecular flexibility index (Phi) is 3.80. The van der Waals surface area contributed by atoms with Crippen molar-refractivity contribution in [1.29, 1.82) is 0 Å². The van der Waals surface area contributed by atoms with Crippen LogP contribution in [0.4, 0.5) is 30.7 Å². The minimum atomic E-state index is -6.37. The second kappa shape index (κ2) is 4.07. The van der Waals surface area contributed by atoms with Crippen LogP contribution in [-0.2, 0) is 9.53 Å². The first-order chi connectivity index (χ1) is 6.86. The molecule has 0 bridgehead atoms. The zero-order valence-corrected chi connectivity index (χ0v) is 7.49. The Morgan fingerprint density at radius 1 is 1.19 bits per heavy atom. The predicted octanol–water partition coefficient (Wildman–Crippen LogP) is 1.70. The van der Waals surface area contributed by atoms with E-state index in [1.807, 2.05) is 0 Å². The van der Waals surface area contributed by atoms with Crippen LogP contribution in [0, 0.1) is 0 Å². The Balaban J connectivity index is 5.45. The highest BCUT2D eigenvalue weighted by Gasteiger charge is 2.77. The van der Waals surface area contributed by atoms with Gasteiger partial charge in [0.1, 0.15) is 0 Å². The van der Waals surface area contributed by atoms with Crippen molar-refractivity contribution in [3.8, 4) is 0 Å². The number of ether oxygens (including phenoxy) is 1. The third-order valence-electron chi connectivity index (χ3n) is 1.46. The van der Waals surface area contributed by atoms with Gasteiger partial charge in [0, 0.05) is 6.92 Å². The molecule has 0 amide bonds. The number of carbonyl (C=O) groups excluding carboxylic acids is 1. The minimum absolute atomic E-state index is 0.274. The van der Waals surface area contributed by atoms with E-state index in [1.54, 1.807) is 0 Å². The van der Waals surface area contributed by atoms with Crippen LogP contribution in [0.1, 0.15) is 6.92 Å². The molecule has 0 aliphatic rings. The summed E-state index contributed by atoms with van der Waals surface area (Å²) in [6.07, 6.45) is -17.0. The molecule has 0 fully saturated rings. The average molecular weight is 258 g/mol. The molecule has 0 aromatic rings. The van der Waals surface area contributed by atoms with E-state index in [0.717, 1.165) is 0 Å². The van der Waals surface area contributed by atoms with E-state index in [1.165, 1.54) is 0 Å². The SMILES string of the molecule is CC(=O)OC(F)(F)C(O)(C(F)F)C(F)(F)F. The lowest BCUT2D eigenvalue weighted by molar-refractivity contribution is -0.418. The van der Waals surface area contributed by atoms with Crippen LogP contribution in [0.15, 0.2) is 0 Å². The van der Waals surface area contributed by atoms with Gasteiger partial charge in [0.15, 0.2) is 0 Å². The van der Waals surface area contributed by atoms with Gasteiger partial charge in [-0.15, -0.1) is 0 Å². The fourth-order valence-corrected chi connectivity index (χ4v) is 0.674. The third kappa shape index (κ3) is 2.36. The monoisotopic (exact) mass is 258 g/mol. The van der Waals surface area contributed by atoms with Crippen molar-refractivity contribution in [1.82, 2.24) is 0 Å². The number of alkyl halides is 7. The highest BCUT2D eigenvalue weighted by molar-refractivity contribution is 5.66. The quantitative estimate of drug-likeness (QED) is 0.619. The maximum absolute atomic E-state index is 12.6. The van der Waals surface area contributed by atoms with Gasteiger partial charge in [-0.1, -0.05) is 0 Å². The second-order valence-corrected chi connectivity index (χ2v) is 2.68. The normalized spacial score (nSPS) is 17.1. The van der Waals surface area contributed by atoms with E-state index in [4.69, 9.17) is 5.11 Å². The molecule has 0 aromatic carbocycles. The molecule has 1 atom stereocenters. The van der Waals surface area contributed by atoms with Gasteiger partial charge < -0.3 is 9.84 Å². The molecule has 0 saturated heterocycles. The van der Waals surface area contributed by atoms with Gasteiger partial charge >= 0.3 is 23.9 Å².